The molecule has 0 atom stereocenters. The molecule has 6 aromatic carbocycles. The molecule has 1 aromatic heterocycles. The molecule has 0 saturated heterocycles. The van der Waals surface area contributed by atoms with E-state index >= 15 is 0 Å². The van der Waals surface area contributed by atoms with Crippen molar-refractivity contribution in [1.29, 1.82) is 0 Å². The number of rotatable bonds is 3. The summed E-state index contributed by atoms with van der Waals surface area (Å²) in [4.78, 5) is 0. The Morgan fingerprint density at radius 2 is 0.872 bits per heavy atom. The summed E-state index contributed by atoms with van der Waals surface area (Å²) in [5.41, 5.74) is 5.56. The van der Waals surface area contributed by atoms with Crippen LogP contribution in [0.2, 0.25) is 0 Å². The number of thiophene rings is 1. The Labute approximate surface area is 227 Å². The van der Waals surface area contributed by atoms with Crippen molar-refractivity contribution in [2.24, 2.45) is 0 Å². The number of alkyl halides is 3. The standard InChI is InChI=1S/C35H21F3S/c36-35(37,38)30-16-13-23(14-17-30)22-5-7-24(8-6-22)25-9-10-27-20-28(12-11-26(27)19-25)29-15-18-34-32(21-29)31-3-1-2-4-33(31)39-34/h1-21H. The third-order valence-electron chi connectivity index (χ3n) is 7.31. The molecule has 4 heteroatoms. The Hall–Kier alpha value is -4.41. The highest BCUT2D eigenvalue weighted by Gasteiger charge is 2.29. The van der Waals surface area contributed by atoms with E-state index in [-0.39, 0.29) is 0 Å². The van der Waals surface area contributed by atoms with E-state index in [0.717, 1.165) is 39.8 Å². The molecule has 0 aliphatic rings. The SMILES string of the molecule is FC(F)(F)c1ccc(-c2ccc(-c3ccc4cc(-c5ccc6sc7ccccc7c6c5)ccc4c3)cc2)cc1. The monoisotopic (exact) mass is 530 g/mol. The van der Waals surface area contributed by atoms with Gasteiger partial charge in [0.1, 0.15) is 0 Å². The van der Waals surface area contributed by atoms with Crippen LogP contribution in [0.1, 0.15) is 5.56 Å². The smallest absolute Gasteiger partial charge is 0.166 e. The Morgan fingerprint density at radius 3 is 1.51 bits per heavy atom. The van der Waals surface area contributed by atoms with E-state index in [9.17, 15) is 13.2 Å². The van der Waals surface area contributed by atoms with Crippen molar-refractivity contribution in [3.05, 3.63) is 133 Å². The predicted octanol–water partition coefficient (Wildman–Crippen LogP) is 11.2. The van der Waals surface area contributed by atoms with Crippen molar-refractivity contribution in [3.8, 4) is 33.4 Å². The molecule has 188 valence electrons. The number of fused-ring (bicyclic) bond motifs is 4. The van der Waals surface area contributed by atoms with Gasteiger partial charge in [-0.05, 0) is 86.6 Å². The Kier molecular flexibility index (Phi) is 5.53. The normalized spacial score (nSPS) is 12.0. The van der Waals surface area contributed by atoms with Gasteiger partial charge in [0.25, 0.3) is 0 Å². The van der Waals surface area contributed by atoms with Crippen LogP contribution in [0.25, 0.3) is 64.3 Å². The van der Waals surface area contributed by atoms with Crippen molar-refractivity contribution in [2.45, 2.75) is 6.18 Å². The second-order valence-electron chi connectivity index (χ2n) is 9.74. The van der Waals surface area contributed by atoms with Gasteiger partial charge in [-0.1, -0.05) is 84.9 Å². The van der Waals surface area contributed by atoms with Gasteiger partial charge in [0.05, 0.1) is 5.56 Å². The van der Waals surface area contributed by atoms with E-state index < -0.39 is 11.7 Å². The lowest BCUT2D eigenvalue weighted by atomic mass is 9.96. The lowest BCUT2D eigenvalue weighted by molar-refractivity contribution is -0.137. The Bertz CT molecular complexity index is 1980. The number of benzene rings is 6. The number of halogens is 3. The van der Waals surface area contributed by atoms with Crippen LogP contribution in [0, 0.1) is 0 Å². The van der Waals surface area contributed by atoms with Crippen molar-refractivity contribution < 1.29 is 13.2 Å². The molecule has 0 aliphatic carbocycles. The molecule has 0 aliphatic heterocycles. The molecule has 0 unspecified atom stereocenters. The lowest BCUT2D eigenvalue weighted by Crippen LogP contribution is -2.03. The summed E-state index contributed by atoms with van der Waals surface area (Å²) in [5.74, 6) is 0. The summed E-state index contributed by atoms with van der Waals surface area (Å²) in [6, 6.07) is 41.5. The summed E-state index contributed by atoms with van der Waals surface area (Å²) < 4.78 is 41.2. The van der Waals surface area contributed by atoms with Crippen LogP contribution >= 0.6 is 11.3 Å². The van der Waals surface area contributed by atoms with Gasteiger partial charge in [0.2, 0.25) is 0 Å². The van der Waals surface area contributed by atoms with Gasteiger partial charge in [-0.25, -0.2) is 0 Å². The fraction of sp³-hybridized carbons (Fsp3) is 0.0286. The summed E-state index contributed by atoms with van der Waals surface area (Å²) in [5, 5.41) is 4.93. The van der Waals surface area contributed by atoms with E-state index in [2.05, 4.69) is 78.9 Å². The van der Waals surface area contributed by atoms with Crippen molar-refractivity contribution >= 4 is 42.3 Å². The van der Waals surface area contributed by atoms with Crippen LogP contribution < -0.4 is 0 Å². The maximum absolute atomic E-state index is 12.9. The Balaban J connectivity index is 1.17. The fourth-order valence-corrected chi connectivity index (χ4v) is 6.30. The molecular weight excluding hydrogens is 509 g/mol. The third-order valence-corrected chi connectivity index (χ3v) is 8.47. The summed E-state index contributed by atoms with van der Waals surface area (Å²) in [7, 11) is 0. The molecule has 0 fully saturated rings. The average molecular weight is 531 g/mol. The minimum atomic E-state index is -4.33. The molecule has 0 amide bonds. The fourth-order valence-electron chi connectivity index (χ4n) is 5.22. The van der Waals surface area contributed by atoms with Crippen molar-refractivity contribution in [1.82, 2.24) is 0 Å². The Morgan fingerprint density at radius 1 is 0.410 bits per heavy atom. The molecule has 7 aromatic rings. The quantitative estimate of drug-likeness (QED) is 0.213. The second-order valence-corrected chi connectivity index (χ2v) is 10.8. The van der Waals surface area contributed by atoms with E-state index in [1.807, 2.05) is 35.6 Å². The van der Waals surface area contributed by atoms with Gasteiger partial charge >= 0.3 is 6.18 Å². The van der Waals surface area contributed by atoms with Gasteiger partial charge < -0.3 is 0 Å². The summed E-state index contributed by atoms with van der Waals surface area (Å²) >= 11 is 1.83. The van der Waals surface area contributed by atoms with Crippen LogP contribution in [-0.4, -0.2) is 0 Å². The molecule has 0 bridgehead atoms. The van der Waals surface area contributed by atoms with E-state index in [4.69, 9.17) is 0 Å². The van der Waals surface area contributed by atoms with Crippen molar-refractivity contribution in [2.75, 3.05) is 0 Å². The van der Waals surface area contributed by atoms with E-state index in [1.165, 1.54) is 48.8 Å². The molecule has 7 rings (SSSR count). The minimum absolute atomic E-state index is 0.636. The first-order chi connectivity index (χ1) is 18.9. The predicted molar refractivity (Wildman–Crippen MR) is 158 cm³/mol. The first-order valence-electron chi connectivity index (χ1n) is 12.7. The van der Waals surface area contributed by atoms with Gasteiger partial charge in [-0.2, -0.15) is 13.2 Å². The highest BCUT2D eigenvalue weighted by atomic mass is 32.1. The van der Waals surface area contributed by atoms with Crippen LogP contribution in [0.5, 0.6) is 0 Å². The van der Waals surface area contributed by atoms with Gasteiger partial charge in [-0.15, -0.1) is 11.3 Å². The maximum atomic E-state index is 12.9. The van der Waals surface area contributed by atoms with Crippen LogP contribution in [0.15, 0.2) is 127 Å². The van der Waals surface area contributed by atoms with Crippen molar-refractivity contribution in [3.63, 3.8) is 0 Å². The van der Waals surface area contributed by atoms with Gasteiger partial charge in [0.15, 0.2) is 0 Å². The second kappa shape index (κ2) is 9.11. The lowest BCUT2D eigenvalue weighted by Gasteiger charge is -2.10. The molecule has 1 heterocycles. The first kappa shape index (κ1) is 23.7. The molecular formula is C35H21F3S. The zero-order chi connectivity index (χ0) is 26.6. The summed E-state index contributed by atoms with van der Waals surface area (Å²) in [6.45, 7) is 0. The van der Waals surface area contributed by atoms with Gasteiger partial charge in [-0.3, -0.25) is 0 Å². The zero-order valence-electron chi connectivity index (χ0n) is 20.7. The van der Waals surface area contributed by atoms with Crippen LogP contribution in [0.3, 0.4) is 0 Å². The molecule has 0 spiro atoms. The topological polar surface area (TPSA) is 0 Å². The highest BCUT2D eigenvalue weighted by molar-refractivity contribution is 7.25. The van der Waals surface area contributed by atoms with Gasteiger partial charge in [0, 0.05) is 20.2 Å². The zero-order valence-corrected chi connectivity index (χ0v) is 21.5. The molecule has 0 nitrogen and oxygen atoms in total. The number of hydrogen-bond acceptors (Lipinski definition) is 1. The molecule has 0 radical (unpaired) electrons. The average Bonchev–Trinajstić information content (AvgIpc) is 3.34. The molecule has 0 saturated carbocycles. The number of hydrogen-bond donors (Lipinski definition) is 0. The third kappa shape index (κ3) is 4.37. The highest BCUT2D eigenvalue weighted by Crippen LogP contribution is 2.37. The van der Waals surface area contributed by atoms with Crippen LogP contribution in [-0.2, 0) is 6.18 Å². The maximum Gasteiger partial charge on any atom is 0.416 e. The van der Waals surface area contributed by atoms with E-state index in [0.29, 0.717) is 0 Å². The summed E-state index contributed by atoms with van der Waals surface area (Å²) in [6.07, 6.45) is -4.33. The largest absolute Gasteiger partial charge is 0.416 e. The minimum Gasteiger partial charge on any atom is -0.166 e. The van der Waals surface area contributed by atoms with Crippen LogP contribution in [0.4, 0.5) is 13.2 Å². The first-order valence-corrected chi connectivity index (χ1v) is 13.5. The molecule has 0 N–H and O–H groups in total. The molecule has 39 heavy (non-hydrogen) atoms. The van der Waals surface area contributed by atoms with E-state index in [1.54, 1.807) is 0 Å².